The van der Waals surface area contributed by atoms with Gasteiger partial charge >= 0.3 is 0 Å². The molecule has 0 aliphatic heterocycles. The van der Waals surface area contributed by atoms with Crippen LogP contribution in [-0.4, -0.2) is 5.11 Å². The van der Waals surface area contributed by atoms with Crippen LogP contribution in [0.5, 0.6) is 0 Å². The molecule has 0 unspecified atom stereocenters. The van der Waals surface area contributed by atoms with Crippen LogP contribution in [0.2, 0.25) is 0 Å². The van der Waals surface area contributed by atoms with Gasteiger partial charge in [0.15, 0.2) is 0 Å². The number of rotatable bonds is 4. The molecule has 0 radical (unpaired) electrons. The molecular formula is C24H20O. The van der Waals surface area contributed by atoms with Crippen LogP contribution >= 0.6 is 0 Å². The van der Waals surface area contributed by atoms with Crippen LogP contribution in [0, 0.1) is 0 Å². The van der Waals surface area contributed by atoms with Crippen molar-refractivity contribution in [2.45, 2.75) is 12.0 Å². The average molecular weight is 324 g/mol. The van der Waals surface area contributed by atoms with Gasteiger partial charge in [-0.1, -0.05) is 84.9 Å². The lowest BCUT2D eigenvalue weighted by Gasteiger charge is -2.24. The summed E-state index contributed by atoms with van der Waals surface area (Å²) < 4.78 is 0. The van der Waals surface area contributed by atoms with Gasteiger partial charge in [-0.2, -0.15) is 0 Å². The van der Waals surface area contributed by atoms with Crippen molar-refractivity contribution in [3.63, 3.8) is 0 Å². The van der Waals surface area contributed by atoms with Crippen LogP contribution in [0.4, 0.5) is 0 Å². The first-order valence-electron chi connectivity index (χ1n) is 8.55. The van der Waals surface area contributed by atoms with Gasteiger partial charge in [-0.05, 0) is 38.7 Å². The Morgan fingerprint density at radius 1 is 0.720 bits per heavy atom. The van der Waals surface area contributed by atoms with Crippen LogP contribution in [0.15, 0.2) is 97.6 Å². The fourth-order valence-electron chi connectivity index (χ4n) is 3.67. The number of benzene rings is 4. The lowest BCUT2D eigenvalue weighted by atomic mass is 9.84. The van der Waals surface area contributed by atoms with Crippen LogP contribution in [-0.2, 0) is 0 Å². The summed E-state index contributed by atoms with van der Waals surface area (Å²) in [5.74, 6) is -0.157. The number of hydrogen-bond acceptors (Lipinski definition) is 1. The summed E-state index contributed by atoms with van der Waals surface area (Å²) in [6.07, 6.45) is 1.19. The van der Waals surface area contributed by atoms with E-state index in [-0.39, 0.29) is 5.92 Å². The number of hydrogen-bond donors (Lipinski definition) is 1. The van der Waals surface area contributed by atoms with E-state index in [2.05, 4.69) is 36.9 Å². The highest BCUT2D eigenvalue weighted by Gasteiger charge is 2.23. The van der Waals surface area contributed by atoms with Crippen LogP contribution < -0.4 is 0 Å². The van der Waals surface area contributed by atoms with E-state index in [0.717, 1.165) is 32.7 Å². The van der Waals surface area contributed by atoms with E-state index in [0.29, 0.717) is 0 Å². The second-order valence-corrected chi connectivity index (χ2v) is 6.35. The van der Waals surface area contributed by atoms with E-state index in [9.17, 15) is 5.11 Å². The SMILES string of the molecule is C=C[C@H](c1ccccc1)[C@H](O)c1c2ccccc2cc2ccccc12. The molecule has 0 aromatic heterocycles. The van der Waals surface area contributed by atoms with E-state index in [1.165, 1.54) is 0 Å². The van der Waals surface area contributed by atoms with E-state index in [4.69, 9.17) is 0 Å². The maximum absolute atomic E-state index is 11.4. The molecule has 4 aromatic carbocycles. The standard InChI is InChI=1S/C24H20O/c1-2-20(17-10-4-3-5-11-17)24(25)23-21-14-8-6-12-18(21)16-19-13-7-9-15-22(19)23/h2-16,20,24-25H,1H2/t20-,24+/m1/s1. The molecule has 4 aromatic rings. The Morgan fingerprint density at radius 2 is 1.24 bits per heavy atom. The molecule has 122 valence electrons. The first kappa shape index (κ1) is 15.6. The smallest absolute Gasteiger partial charge is 0.0905 e. The van der Waals surface area contributed by atoms with Gasteiger partial charge in [0, 0.05) is 5.92 Å². The normalized spacial score (nSPS) is 13.6. The molecule has 0 bridgehead atoms. The zero-order chi connectivity index (χ0) is 17.2. The molecule has 0 aliphatic rings. The molecule has 1 N–H and O–H groups in total. The molecule has 25 heavy (non-hydrogen) atoms. The molecule has 2 atom stereocenters. The minimum Gasteiger partial charge on any atom is -0.387 e. The summed E-state index contributed by atoms with van der Waals surface area (Å²) in [6, 6.07) is 28.8. The van der Waals surface area contributed by atoms with Crippen molar-refractivity contribution < 1.29 is 5.11 Å². The zero-order valence-electron chi connectivity index (χ0n) is 14.0. The third kappa shape index (κ3) is 2.73. The summed E-state index contributed by atoms with van der Waals surface area (Å²) >= 11 is 0. The predicted octanol–water partition coefficient (Wildman–Crippen LogP) is 6.00. The molecule has 0 spiro atoms. The van der Waals surface area contributed by atoms with Crippen LogP contribution in [0.25, 0.3) is 21.5 Å². The van der Waals surface area contributed by atoms with Crippen molar-refractivity contribution >= 4 is 21.5 Å². The van der Waals surface area contributed by atoms with Gasteiger partial charge in [-0.3, -0.25) is 0 Å². The molecule has 0 heterocycles. The molecule has 4 rings (SSSR count). The topological polar surface area (TPSA) is 20.2 Å². The maximum atomic E-state index is 11.4. The van der Waals surface area contributed by atoms with Crippen LogP contribution in [0.1, 0.15) is 23.1 Å². The Bertz CT molecular complexity index is 980. The number of fused-ring (bicyclic) bond motifs is 2. The average Bonchev–Trinajstić information content (AvgIpc) is 2.67. The minimum atomic E-state index is -0.657. The maximum Gasteiger partial charge on any atom is 0.0905 e. The predicted molar refractivity (Wildman–Crippen MR) is 106 cm³/mol. The molecule has 0 fully saturated rings. The molecule has 0 saturated heterocycles. The van der Waals surface area contributed by atoms with Gasteiger partial charge in [-0.15, -0.1) is 6.58 Å². The summed E-state index contributed by atoms with van der Waals surface area (Å²) in [4.78, 5) is 0. The highest BCUT2D eigenvalue weighted by atomic mass is 16.3. The van der Waals surface area contributed by atoms with Gasteiger partial charge in [-0.25, -0.2) is 0 Å². The fraction of sp³-hybridized carbons (Fsp3) is 0.0833. The van der Waals surface area contributed by atoms with Gasteiger partial charge in [0.2, 0.25) is 0 Å². The monoisotopic (exact) mass is 324 g/mol. The van der Waals surface area contributed by atoms with Gasteiger partial charge in [0.1, 0.15) is 0 Å². The Kier molecular flexibility index (Phi) is 4.09. The highest BCUT2D eigenvalue weighted by molar-refractivity contribution is 6.02. The largest absolute Gasteiger partial charge is 0.387 e. The van der Waals surface area contributed by atoms with Crippen molar-refractivity contribution in [1.82, 2.24) is 0 Å². The first-order chi connectivity index (χ1) is 12.3. The van der Waals surface area contributed by atoms with Crippen molar-refractivity contribution in [3.05, 3.63) is 109 Å². The first-order valence-corrected chi connectivity index (χ1v) is 8.55. The Morgan fingerprint density at radius 3 is 1.80 bits per heavy atom. The summed E-state index contributed by atoms with van der Waals surface area (Å²) in [7, 11) is 0. The van der Waals surface area contributed by atoms with Gasteiger partial charge < -0.3 is 5.11 Å². The third-order valence-electron chi connectivity index (χ3n) is 4.89. The summed E-state index contributed by atoms with van der Waals surface area (Å²) in [5, 5.41) is 15.8. The highest BCUT2D eigenvalue weighted by Crippen LogP contribution is 2.39. The minimum absolute atomic E-state index is 0.157. The molecule has 0 amide bonds. The Labute approximate surface area is 147 Å². The van der Waals surface area contributed by atoms with Crippen molar-refractivity contribution in [3.8, 4) is 0 Å². The zero-order valence-corrected chi connectivity index (χ0v) is 14.0. The Hall–Kier alpha value is -2.90. The molecular weight excluding hydrogens is 304 g/mol. The lowest BCUT2D eigenvalue weighted by molar-refractivity contribution is 0.165. The van der Waals surface area contributed by atoms with E-state index in [1.807, 2.05) is 60.7 Å². The van der Waals surface area contributed by atoms with Crippen molar-refractivity contribution in [2.24, 2.45) is 0 Å². The quantitative estimate of drug-likeness (QED) is 0.361. The number of aliphatic hydroxyl groups is 1. The molecule has 0 saturated carbocycles. The molecule has 1 heteroatoms. The van der Waals surface area contributed by atoms with E-state index < -0.39 is 6.10 Å². The summed E-state index contributed by atoms with van der Waals surface area (Å²) in [6.45, 7) is 3.98. The van der Waals surface area contributed by atoms with Gasteiger partial charge in [0.05, 0.1) is 6.10 Å². The molecule has 1 nitrogen and oxygen atoms in total. The fourth-order valence-corrected chi connectivity index (χ4v) is 3.67. The molecule has 0 aliphatic carbocycles. The van der Waals surface area contributed by atoms with E-state index >= 15 is 0 Å². The van der Waals surface area contributed by atoms with E-state index in [1.54, 1.807) is 0 Å². The Balaban J connectivity index is 1.98. The van der Waals surface area contributed by atoms with Crippen molar-refractivity contribution in [2.75, 3.05) is 0 Å². The second-order valence-electron chi connectivity index (χ2n) is 6.35. The van der Waals surface area contributed by atoms with Crippen molar-refractivity contribution in [1.29, 1.82) is 0 Å². The second kappa shape index (κ2) is 6.54. The summed E-state index contributed by atoms with van der Waals surface area (Å²) in [5.41, 5.74) is 2.05. The third-order valence-corrected chi connectivity index (χ3v) is 4.89. The lowest BCUT2D eigenvalue weighted by Crippen LogP contribution is -2.10. The number of aliphatic hydroxyl groups excluding tert-OH is 1. The van der Waals surface area contributed by atoms with Gasteiger partial charge in [0.25, 0.3) is 0 Å². The van der Waals surface area contributed by atoms with Crippen LogP contribution in [0.3, 0.4) is 0 Å².